The van der Waals surface area contributed by atoms with E-state index in [-0.39, 0.29) is 30.4 Å². The second kappa shape index (κ2) is 11.3. The average Bonchev–Trinajstić information content (AvgIpc) is 3.12. The van der Waals surface area contributed by atoms with E-state index >= 15 is 0 Å². The standard InChI is InChI=1S/C29H37N3O3.ClH/c1-22-19-25(11-16-30-22)31-27(33)21-32-17-12-23(13-18-32)26(20-32)35-28(34)29(14-7-2-3-8-15-29)24-9-5-4-6-10-24;/h4-6,9-11,16,19,23,26H,2-3,7-8,12-15,17-18,20-21H2,1H3;1H/t23?,26-,32?;/m0./s1. The van der Waals surface area contributed by atoms with Crippen molar-refractivity contribution in [1.82, 2.24) is 4.98 Å². The predicted molar refractivity (Wildman–Crippen MR) is 136 cm³/mol. The number of piperidine rings is 3. The lowest BCUT2D eigenvalue weighted by Gasteiger charge is -2.52. The number of nitrogens with one attached hydrogen (secondary N) is 1. The molecule has 4 heterocycles. The van der Waals surface area contributed by atoms with Crippen LogP contribution in [0.2, 0.25) is 0 Å². The highest BCUT2D eigenvalue weighted by atomic mass is 35.5. The Morgan fingerprint density at radius 2 is 1.75 bits per heavy atom. The van der Waals surface area contributed by atoms with Crippen LogP contribution < -0.4 is 17.7 Å². The minimum Gasteiger partial charge on any atom is -1.00 e. The number of rotatable bonds is 6. The fraction of sp³-hybridized carbons (Fsp3) is 0.552. The van der Waals surface area contributed by atoms with E-state index in [2.05, 4.69) is 22.4 Å². The molecule has 3 aliphatic heterocycles. The summed E-state index contributed by atoms with van der Waals surface area (Å²) in [7, 11) is 0. The van der Waals surface area contributed by atoms with Crippen molar-refractivity contribution in [2.75, 3.05) is 31.5 Å². The van der Waals surface area contributed by atoms with Crippen LogP contribution in [0.5, 0.6) is 0 Å². The number of ether oxygens (including phenoxy) is 1. The maximum Gasteiger partial charge on any atom is 0.317 e. The maximum absolute atomic E-state index is 13.9. The number of carbonyl (C=O) groups is 2. The largest absolute Gasteiger partial charge is 1.00 e. The van der Waals surface area contributed by atoms with Gasteiger partial charge in [-0.05, 0) is 37.5 Å². The van der Waals surface area contributed by atoms with Gasteiger partial charge in [-0.2, -0.15) is 0 Å². The summed E-state index contributed by atoms with van der Waals surface area (Å²) in [6.45, 7) is 5.04. The molecule has 1 saturated carbocycles. The third-order valence-electron chi connectivity index (χ3n) is 8.63. The van der Waals surface area contributed by atoms with E-state index in [1.165, 1.54) is 12.8 Å². The van der Waals surface area contributed by atoms with Gasteiger partial charge in [-0.1, -0.05) is 56.0 Å². The third kappa shape index (κ3) is 5.60. The van der Waals surface area contributed by atoms with Crippen molar-refractivity contribution in [2.45, 2.75) is 69.8 Å². The Bertz CT molecular complexity index is 1040. The summed E-state index contributed by atoms with van der Waals surface area (Å²) in [5.41, 5.74) is 2.23. The molecule has 7 heteroatoms. The number of amides is 1. The number of fused-ring (bicyclic) bond motifs is 3. The van der Waals surface area contributed by atoms with Gasteiger partial charge in [-0.15, -0.1) is 0 Å². The highest BCUT2D eigenvalue weighted by Crippen LogP contribution is 2.42. The number of aryl methyl sites for hydroxylation is 1. The second-order valence-electron chi connectivity index (χ2n) is 11.0. The molecule has 1 N–H and O–H groups in total. The Kier molecular flexibility index (Phi) is 8.36. The van der Waals surface area contributed by atoms with Gasteiger partial charge in [0.2, 0.25) is 0 Å². The van der Waals surface area contributed by atoms with Crippen LogP contribution in [0.1, 0.15) is 62.6 Å². The van der Waals surface area contributed by atoms with Gasteiger partial charge in [0.25, 0.3) is 5.91 Å². The molecule has 1 aromatic carbocycles. The first-order chi connectivity index (χ1) is 17.0. The van der Waals surface area contributed by atoms with Crippen LogP contribution in [0.25, 0.3) is 0 Å². The summed E-state index contributed by atoms with van der Waals surface area (Å²) in [4.78, 5) is 31.1. The molecule has 0 radical (unpaired) electrons. The fourth-order valence-corrected chi connectivity index (χ4v) is 6.66. The second-order valence-corrected chi connectivity index (χ2v) is 11.0. The van der Waals surface area contributed by atoms with E-state index in [4.69, 9.17) is 4.74 Å². The number of aromatic nitrogens is 1. The Balaban J connectivity index is 0.00000304. The molecule has 1 atom stereocenters. The third-order valence-corrected chi connectivity index (χ3v) is 8.63. The van der Waals surface area contributed by atoms with E-state index in [0.717, 1.165) is 75.1 Å². The lowest BCUT2D eigenvalue weighted by molar-refractivity contribution is -0.939. The number of hydrogen-bond acceptors (Lipinski definition) is 4. The van der Waals surface area contributed by atoms with Crippen LogP contribution >= 0.6 is 0 Å². The molecule has 1 aliphatic carbocycles. The lowest BCUT2D eigenvalue weighted by atomic mass is 9.74. The van der Waals surface area contributed by atoms with Crippen LogP contribution in [0, 0.1) is 12.8 Å². The summed E-state index contributed by atoms with van der Waals surface area (Å²) in [5.74, 6) is 0.383. The van der Waals surface area contributed by atoms with Gasteiger partial charge in [0.15, 0.2) is 12.6 Å². The van der Waals surface area contributed by atoms with Crippen molar-refractivity contribution in [3.05, 3.63) is 59.9 Å². The van der Waals surface area contributed by atoms with Crippen molar-refractivity contribution < 1.29 is 31.2 Å². The monoisotopic (exact) mass is 511 g/mol. The van der Waals surface area contributed by atoms with Gasteiger partial charge in [-0.3, -0.25) is 14.6 Å². The van der Waals surface area contributed by atoms with Crippen LogP contribution in [0.3, 0.4) is 0 Å². The number of halogens is 1. The summed E-state index contributed by atoms with van der Waals surface area (Å²) >= 11 is 0. The Morgan fingerprint density at radius 3 is 2.42 bits per heavy atom. The molecular formula is C29H38ClN3O3. The number of anilines is 1. The number of quaternary nitrogens is 1. The molecule has 1 aromatic heterocycles. The lowest BCUT2D eigenvalue weighted by Crippen LogP contribution is -3.00. The van der Waals surface area contributed by atoms with E-state index in [9.17, 15) is 9.59 Å². The zero-order valence-electron chi connectivity index (χ0n) is 21.3. The van der Waals surface area contributed by atoms with Crippen molar-refractivity contribution in [1.29, 1.82) is 0 Å². The molecule has 36 heavy (non-hydrogen) atoms. The van der Waals surface area contributed by atoms with Gasteiger partial charge in [0.1, 0.15) is 6.54 Å². The number of pyridine rings is 1. The quantitative estimate of drug-likeness (QED) is 0.365. The van der Waals surface area contributed by atoms with E-state index in [0.29, 0.717) is 16.9 Å². The number of esters is 1. The Hall–Kier alpha value is -2.44. The van der Waals surface area contributed by atoms with Gasteiger partial charge >= 0.3 is 5.97 Å². The minimum absolute atomic E-state index is 0. The van der Waals surface area contributed by atoms with Gasteiger partial charge in [-0.25, -0.2) is 0 Å². The highest BCUT2D eigenvalue weighted by molar-refractivity contribution is 5.91. The van der Waals surface area contributed by atoms with E-state index in [1.807, 2.05) is 37.3 Å². The zero-order chi connectivity index (χ0) is 24.3. The molecule has 1 amide bonds. The molecule has 6 rings (SSSR count). The Morgan fingerprint density at radius 1 is 1.06 bits per heavy atom. The van der Waals surface area contributed by atoms with E-state index in [1.54, 1.807) is 6.20 Å². The van der Waals surface area contributed by atoms with Crippen molar-refractivity contribution in [2.24, 2.45) is 5.92 Å². The van der Waals surface area contributed by atoms with E-state index < -0.39 is 5.41 Å². The van der Waals surface area contributed by atoms with Crippen LogP contribution in [-0.2, 0) is 19.7 Å². The van der Waals surface area contributed by atoms with Gasteiger partial charge in [0.05, 0.1) is 18.5 Å². The molecule has 4 aliphatic rings. The maximum atomic E-state index is 13.9. The summed E-state index contributed by atoms with van der Waals surface area (Å²) in [5, 5.41) is 3.05. The number of hydrogen-bond donors (Lipinski definition) is 1. The van der Waals surface area contributed by atoms with Gasteiger partial charge in [0, 0.05) is 36.3 Å². The number of benzene rings is 1. The van der Waals surface area contributed by atoms with Crippen LogP contribution in [0.4, 0.5) is 5.69 Å². The van der Waals surface area contributed by atoms with Crippen molar-refractivity contribution in [3.63, 3.8) is 0 Å². The van der Waals surface area contributed by atoms with Crippen molar-refractivity contribution >= 4 is 17.6 Å². The Labute approximate surface area is 220 Å². The minimum atomic E-state index is -0.537. The molecule has 2 bridgehead atoms. The molecule has 3 saturated heterocycles. The number of nitrogens with zero attached hydrogens (tertiary/aromatic N) is 2. The zero-order valence-corrected chi connectivity index (χ0v) is 22.0. The average molecular weight is 512 g/mol. The first-order valence-corrected chi connectivity index (χ1v) is 13.3. The normalized spacial score (nSPS) is 26.8. The molecular weight excluding hydrogens is 474 g/mol. The SMILES string of the molecule is Cc1cc(NC(=O)C[N+]23CCC(CC2)[C@@H](OC(=O)C2(c4ccccc4)CCCCCC2)C3)ccn1.[Cl-]. The molecule has 4 fully saturated rings. The first-order valence-electron chi connectivity index (χ1n) is 13.3. The van der Waals surface area contributed by atoms with Crippen molar-refractivity contribution in [3.8, 4) is 0 Å². The summed E-state index contributed by atoms with van der Waals surface area (Å²) in [6.07, 6.45) is 9.84. The molecule has 194 valence electrons. The first kappa shape index (κ1) is 26.6. The molecule has 2 aromatic rings. The highest BCUT2D eigenvalue weighted by Gasteiger charge is 2.51. The molecule has 0 unspecified atom stereocenters. The summed E-state index contributed by atoms with van der Waals surface area (Å²) in [6, 6.07) is 14.0. The fourth-order valence-electron chi connectivity index (χ4n) is 6.66. The number of carbonyl (C=O) groups excluding carboxylic acids is 2. The van der Waals surface area contributed by atoms with Crippen LogP contribution in [0.15, 0.2) is 48.7 Å². The van der Waals surface area contributed by atoms with Gasteiger partial charge < -0.3 is 26.9 Å². The molecule has 6 nitrogen and oxygen atoms in total. The topological polar surface area (TPSA) is 68.3 Å². The smallest absolute Gasteiger partial charge is 0.317 e. The summed E-state index contributed by atoms with van der Waals surface area (Å²) < 4.78 is 7.14. The van der Waals surface area contributed by atoms with Crippen LogP contribution in [-0.4, -0.2) is 53.6 Å². The predicted octanol–water partition coefficient (Wildman–Crippen LogP) is 1.78. The molecule has 0 spiro atoms.